The van der Waals surface area contributed by atoms with Gasteiger partial charge in [-0.2, -0.15) is 0 Å². The van der Waals surface area contributed by atoms with E-state index in [2.05, 4.69) is 5.32 Å². The quantitative estimate of drug-likeness (QED) is 0.725. The van der Waals surface area contributed by atoms with Gasteiger partial charge in [-0.25, -0.2) is 0 Å². The minimum absolute atomic E-state index is 0.0975. The number of rotatable bonds is 7. The Balaban J connectivity index is 1.70. The van der Waals surface area contributed by atoms with Crippen LogP contribution in [0.15, 0.2) is 0 Å². The summed E-state index contributed by atoms with van der Waals surface area (Å²) in [7, 11) is 0. The van der Waals surface area contributed by atoms with E-state index in [0.717, 1.165) is 19.4 Å². The van der Waals surface area contributed by atoms with Crippen LogP contribution >= 0.6 is 0 Å². The van der Waals surface area contributed by atoms with Gasteiger partial charge in [-0.3, -0.25) is 14.5 Å². The first-order valence-electron chi connectivity index (χ1n) is 7.27. The molecule has 0 aromatic carbocycles. The van der Waals surface area contributed by atoms with Crippen LogP contribution in [0.3, 0.4) is 0 Å². The fourth-order valence-electron chi connectivity index (χ4n) is 2.82. The number of hydrogen-bond donors (Lipinski definition) is 2. The standard InChI is InChI=1S/C14H24N2O3/c1-3-16(8-13(17)18)12-6-11(7-12)15-14(19)9(2)10-4-5-10/h9-12H,3-8H2,1-2H3,(H,15,19)(H,17,18). The van der Waals surface area contributed by atoms with E-state index in [4.69, 9.17) is 5.11 Å². The first kappa shape index (κ1) is 14.3. The van der Waals surface area contributed by atoms with Gasteiger partial charge >= 0.3 is 5.97 Å². The van der Waals surface area contributed by atoms with Gasteiger partial charge in [0.15, 0.2) is 0 Å². The van der Waals surface area contributed by atoms with Crippen LogP contribution in [0.4, 0.5) is 0 Å². The summed E-state index contributed by atoms with van der Waals surface area (Å²) in [5.41, 5.74) is 0. The van der Waals surface area contributed by atoms with Crippen molar-refractivity contribution in [3.8, 4) is 0 Å². The number of carbonyl (C=O) groups excluding carboxylic acids is 1. The highest BCUT2D eigenvalue weighted by molar-refractivity contribution is 5.79. The second kappa shape index (κ2) is 5.90. The zero-order valence-corrected chi connectivity index (χ0v) is 11.8. The summed E-state index contributed by atoms with van der Waals surface area (Å²) in [6.07, 6.45) is 4.13. The van der Waals surface area contributed by atoms with Gasteiger partial charge in [0.05, 0.1) is 6.54 Å². The van der Waals surface area contributed by atoms with Crippen LogP contribution in [-0.2, 0) is 9.59 Å². The van der Waals surface area contributed by atoms with Crippen molar-refractivity contribution < 1.29 is 14.7 Å². The van der Waals surface area contributed by atoms with Crippen LogP contribution in [0, 0.1) is 11.8 Å². The zero-order valence-electron chi connectivity index (χ0n) is 11.8. The van der Waals surface area contributed by atoms with Crippen molar-refractivity contribution in [2.45, 2.75) is 51.6 Å². The van der Waals surface area contributed by atoms with Crippen LogP contribution in [0.25, 0.3) is 0 Å². The van der Waals surface area contributed by atoms with E-state index in [0.29, 0.717) is 12.0 Å². The Morgan fingerprint density at radius 2 is 2.00 bits per heavy atom. The molecule has 2 N–H and O–H groups in total. The number of nitrogens with one attached hydrogen (secondary N) is 1. The van der Waals surface area contributed by atoms with Crippen LogP contribution in [-0.4, -0.2) is 47.1 Å². The van der Waals surface area contributed by atoms with E-state index < -0.39 is 5.97 Å². The second-order valence-corrected chi connectivity index (χ2v) is 5.91. The molecule has 1 amide bonds. The minimum Gasteiger partial charge on any atom is -0.480 e. The normalized spacial score (nSPS) is 27.7. The summed E-state index contributed by atoms with van der Waals surface area (Å²) in [4.78, 5) is 24.6. The fourth-order valence-corrected chi connectivity index (χ4v) is 2.82. The highest BCUT2D eigenvalue weighted by Crippen LogP contribution is 2.37. The maximum atomic E-state index is 11.9. The van der Waals surface area contributed by atoms with Crippen LogP contribution < -0.4 is 5.32 Å². The SMILES string of the molecule is CCN(CC(=O)O)C1CC(NC(=O)C(C)C2CC2)C1. The van der Waals surface area contributed by atoms with Crippen LogP contribution in [0.2, 0.25) is 0 Å². The molecule has 5 nitrogen and oxygen atoms in total. The molecule has 0 aliphatic heterocycles. The molecule has 0 bridgehead atoms. The lowest BCUT2D eigenvalue weighted by atomic mass is 9.85. The average molecular weight is 268 g/mol. The van der Waals surface area contributed by atoms with Gasteiger partial charge in [-0.15, -0.1) is 0 Å². The predicted octanol–water partition coefficient (Wildman–Crippen LogP) is 1.09. The Labute approximate surface area is 114 Å². The van der Waals surface area contributed by atoms with Gasteiger partial charge < -0.3 is 10.4 Å². The van der Waals surface area contributed by atoms with Gasteiger partial charge in [-0.05, 0) is 38.1 Å². The maximum Gasteiger partial charge on any atom is 0.317 e. The summed E-state index contributed by atoms with van der Waals surface area (Å²) in [5, 5.41) is 11.9. The van der Waals surface area contributed by atoms with E-state index in [-0.39, 0.29) is 24.4 Å². The second-order valence-electron chi connectivity index (χ2n) is 5.91. The molecule has 2 fully saturated rings. The molecule has 0 spiro atoms. The molecule has 108 valence electrons. The van der Waals surface area contributed by atoms with E-state index in [1.54, 1.807) is 0 Å². The molecule has 2 rings (SSSR count). The number of nitrogens with zero attached hydrogens (tertiary/aromatic N) is 1. The Kier molecular flexibility index (Phi) is 4.45. The topological polar surface area (TPSA) is 69.6 Å². The molecule has 0 saturated heterocycles. The van der Waals surface area contributed by atoms with Gasteiger partial charge in [0.2, 0.25) is 5.91 Å². The smallest absolute Gasteiger partial charge is 0.317 e. The molecule has 0 heterocycles. The minimum atomic E-state index is -0.781. The highest BCUT2D eigenvalue weighted by Gasteiger charge is 2.38. The van der Waals surface area contributed by atoms with E-state index in [1.165, 1.54) is 12.8 Å². The Morgan fingerprint density at radius 3 is 2.47 bits per heavy atom. The molecule has 19 heavy (non-hydrogen) atoms. The van der Waals surface area contributed by atoms with Gasteiger partial charge in [-0.1, -0.05) is 13.8 Å². The van der Waals surface area contributed by atoms with Crippen molar-refractivity contribution >= 4 is 11.9 Å². The lowest BCUT2D eigenvalue weighted by Crippen LogP contribution is -2.55. The molecule has 0 radical (unpaired) electrons. The van der Waals surface area contributed by atoms with Crippen molar-refractivity contribution in [2.24, 2.45) is 11.8 Å². The number of carboxylic acid groups (broad SMARTS) is 1. The van der Waals surface area contributed by atoms with E-state index >= 15 is 0 Å². The van der Waals surface area contributed by atoms with Crippen molar-refractivity contribution in [3.05, 3.63) is 0 Å². The molecule has 2 aliphatic rings. The Bertz CT molecular complexity index is 349. The summed E-state index contributed by atoms with van der Waals surface area (Å²) in [6.45, 7) is 4.83. The molecule has 2 saturated carbocycles. The molecule has 0 aromatic rings. The number of likely N-dealkylation sites (N-methyl/N-ethyl adjacent to an activating group) is 1. The van der Waals surface area contributed by atoms with E-state index in [9.17, 15) is 9.59 Å². The van der Waals surface area contributed by atoms with Crippen molar-refractivity contribution in [1.29, 1.82) is 0 Å². The van der Waals surface area contributed by atoms with E-state index in [1.807, 2.05) is 18.7 Å². The number of hydrogen-bond acceptors (Lipinski definition) is 3. The predicted molar refractivity (Wildman–Crippen MR) is 71.7 cm³/mol. The first-order chi connectivity index (χ1) is 9.01. The lowest BCUT2D eigenvalue weighted by molar-refractivity contribution is -0.140. The largest absolute Gasteiger partial charge is 0.480 e. The zero-order chi connectivity index (χ0) is 14.0. The number of carboxylic acids is 1. The number of carbonyl (C=O) groups is 2. The monoisotopic (exact) mass is 268 g/mol. The maximum absolute atomic E-state index is 11.9. The summed E-state index contributed by atoms with van der Waals surface area (Å²) >= 11 is 0. The van der Waals surface area contributed by atoms with Gasteiger partial charge in [0.25, 0.3) is 0 Å². The molecular formula is C14H24N2O3. The summed E-state index contributed by atoms with van der Waals surface area (Å²) in [6, 6.07) is 0.546. The molecule has 5 heteroatoms. The number of amides is 1. The third kappa shape index (κ3) is 3.69. The molecule has 1 unspecified atom stereocenters. The Morgan fingerprint density at radius 1 is 1.37 bits per heavy atom. The van der Waals surface area contributed by atoms with Crippen LogP contribution in [0.1, 0.15) is 39.5 Å². The fraction of sp³-hybridized carbons (Fsp3) is 0.857. The van der Waals surface area contributed by atoms with Crippen molar-refractivity contribution in [2.75, 3.05) is 13.1 Å². The third-order valence-electron chi connectivity index (χ3n) is 4.46. The summed E-state index contributed by atoms with van der Waals surface area (Å²) in [5.74, 6) is 0.124. The Hall–Kier alpha value is -1.10. The lowest BCUT2D eigenvalue weighted by Gasteiger charge is -2.42. The van der Waals surface area contributed by atoms with Crippen molar-refractivity contribution in [1.82, 2.24) is 10.2 Å². The average Bonchev–Trinajstić information content (AvgIpc) is 3.13. The third-order valence-corrected chi connectivity index (χ3v) is 4.46. The molecular weight excluding hydrogens is 244 g/mol. The molecule has 2 aliphatic carbocycles. The summed E-state index contributed by atoms with van der Waals surface area (Å²) < 4.78 is 0. The van der Waals surface area contributed by atoms with Crippen LogP contribution in [0.5, 0.6) is 0 Å². The molecule has 0 aromatic heterocycles. The number of aliphatic carboxylic acids is 1. The van der Waals surface area contributed by atoms with Gasteiger partial charge in [0, 0.05) is 18.0 Å². The van der Waals surface area contributed by atoms with Gasteiger partial charge in [0.1, 0.15) is 0 Å². The highest BCUT2D eigenvalue weighted by atomic mass is 16.4. The first-order valence-corrected chi connectivity index (χ1v) is 7.27. The van der Waals surface area contributed by atoms with Crippen molar-refractivity contribution in [3.63, 3.8) is 0 Å². The molecule has 1 atom stereocenters.